The molecule has 2 rings (SSSR count). The van der Waals surface area contributed by atoms with Gasteiger partial charge in [-0.2, -0.15) is 0 Å². The number of hydrogen-bond donors (Lipinski definition) is 1. The minimum atomic E-state index is 0.667. The minimum Gasteiger partial charge on any atom is -0.490 e. The quantitative estimate of drug-likeness (QED) is 0.526. The van der Waals surface area contributed by atoms with Crippen LogP contribution in [-0.2, 0) is 0 Å². The average Bonchev–Trinajstić information content (AvgIpc) is 2.16. The summed E-state index contributed by atoms with van der Waals surface area (Å²) in [6.45, 7) is 0. The van der Waals surface area contributed by atoms with Crippen LogP contribution in [0.4, 0.5) is 0 Å². The van der Waals surface area contributed by atoms with Crippen molar-refractivity contribution in [3.8, 4) is 5.75 Å². The number of pyridine rings is 1. The first-order valence-electron chi connectivity index (χ1n) is 3.98. The van der Waals surface area contributed by atoms with E-state index in [0.717, 1.165) is 15.5 Å². The van der Waals surface area contributed by atoms with Crippen molar-refractivity contribution in [2.45, 2.75) is 0 Å². The molecule has 0 amide bonds. The van der Waals surface area contributed by atoms with Crippen molar-refractivity contribution in [3.05, 3.63) is 36.7 Å². The topological polar surface area (TPSA) is 33.3 Å². The van der Waals surface area contributed by atoms with Gasteiger partial charge in [-0.1, -0.05) is 18.2 Å². The van der Waals surface area contributed by atoms with E-state index in [1.54, 1.807) is 13.3 Å². The summed E-state index contributed by atoms with van der Waals surface area (Å²) in [5, 5.41) is 11.2. The zero-order chi connectivity index (χ0) is 9.26. The van der Waals surface area contributed by atoms with E-state index in [9.17, 15) is 5.21 Å². The predicted molar refractivity (Wildman–Crippen MR) is 47.9 cm³/mol. The Morgan fingerprint density at radius 1 is 1.23 bits per heavy atom. The Hall–Kier alpha value is -1.77. The Morgan fingerprint density at radius 2 is 2.00 bits per heavy atom. The van der Waals surface area contributed by atoms with Gasteiger partial charge in [-0.3, -0.25) is 5.21 Å². The second-order valence-corrected chi connectivity index (χ2v) is 2.79. The first kappa shape index (κ1) is 7.86. The zero-order valence-electron chi connectivity index (χ0n) is 7.27. The molecule has 0 radical (unpaired) electrons. The molecule has 0 aliphatic heterocycles. The van der Waals surface area contributed by atoms with Gasteiger partial charge < -0.3 is 4.74 Å². The first-order valence-corrected chi connectivity index (χ1v) is 3.98. The molecule has 1 aromatic heterocycles. The highest BCUT2D eigenvalue weighted by Crippen LogP contribution is 2.21. The highest BCUT2D eigenvalue weighted by molar-refractivity contribution is 5.86. The molecule has 1 N–H and O–H groups in total. The maximum atomic E-state index is 9.28. The summed E-state index contributed by atoms with van der Waals surface area (Å²) < 4.78 is 6.13. The van der Waals surface area contributed by atoms with Crippen LogP contribution in [0.15, 0.2) is 36.7 Å². The minimum absolute atomic E-state index is 0.667. The molecule has 0 fully saturated rings. The Bertz CT molecular complexity index is 440. The van der Waals surface area contributed by atoms with Crippen LogP contribution in [0, 0.1) is 0 Å². The molecule has 0 bridgehead atoms. The highest BCUT2D eigenvalue weighted by atomic mass is 16.5. The van der Waals surface area contributed by atoms with Gasteiger partial charge in [0.25, 0.3) is 6.20 Å². The Morgan fingerprint density at radius 3 is 2.77 bits per heavy atom. The van der Waals surface area contributed by atoms with Crippen LogP contribution in [0.25, 0.3) is 10.8 Å². The maximum absolute atomic E-state index is 9.28. The van der Waals surface area contributed by atoms with Crippen molar-refractivity contribution in [1.29, 1.82) is 0 Å². The zero-order valence-corrected chi connectivity index (χ0v) is 7.27. The average molecular weight is 176 g/mol. The monoisotopic (exact) mass is 176 g/mol. The molecule has 3 heteroatoms. The van der Waals surface area contributed by atoms with Crippen LogP contribution in [0.3, 0.4) is 0 Å². The van der Waals surface area contributed by atoms with Crippen LogP contribution in [-0.4, -0.2) is 12.3 Å². The molecule has 2 aromatic rings. The van der Waals surface area contributed by atoms with Crippen LogP contribution in [0.1, 0.15) is 0 Å². The third-order valence-electron chi connectivity index (χ3n) is 1.97. The molecule has 0 atom stereocenters. The fourth-order valence-electron chi connectivity index (χ4n) is 1.37. The lowest BCUT2D eigenvalue weighted by Crippen LogP contribution is -2.28. The summed E-state index contributed by atoms with van der Waals surface area (Å²) in [5.41, 5.74) is 0. The van der Waals surface area contributed by atoms with Gasteiger partial charge in [0.15, 0.2) is 5.75 Å². The van der Waals surface area contributed by atoms with Crippen molar-refractivity contribution in [2.24, 2.45) is 0 Å². The van der Waals surface area contributed by atoms with E-state index in [-0.39, 0.29) is 0 Å². The van der Waals surface area contributed by atoms with Gasteiger partial charge in [-0.25, -0.2) is 0 Å². The molecular weight excluding hydrogens is 166 g/mol. The van der Waals surface area contributed by atoms with Crippen molar-refractivity contribution >= 4 is 10.8 Å². The molecule has 1 aromatic carbocycles. The van der Waals surface area contributed by atoms with E-state index < -0.39 is 0 Å². The van der Waals surface area contributed by atoms with E-state index >= 15 is 0 Å². The molecule has 1 heterocycles. The van der Waals surface area contributed by atoms with E-state index in [2.05, 4.69) is 0 Å². The number of ether oxygens (including phenoxy) is 1. The van der Waals surface area contributed by atoms with Crippen LogP contribution in [0.2, 0.25) is 0 Å². The molecule has 0 saturated carbocycles. The van der Waals surface area contributed by atoms with E-state index in [4.69, 9.17) is 4.74 Å². The maximum Gasteiger partial charge on any atom is 0.264 e. The number of fused-ring (bicyclic) bond motifs is 1. The standard InChI is InChI=1S/C10H10NO2/c1-13-10-7-11(12)6-8-4-2-3-5-9(8)10/h2-7,12H,1H3/q+1. The van der Waals surface area contributed by atoms with E-state index in [1.165, 1.54) is 6.20 Å². The lowest BCUT2D eigenvalue weighted by Gasteiger charge is -2.00. The van der Waals surface area contributed by atoms with Gasteiger partial charge in [0.2, 0.25) is 6.20 Å². The number of benzene rings is 1. The molecule has 3 nitrogen and oxygen atoms in total. The lowest BCUT2D eigenvalue weighted by molar-refractivity contribution is -0.904. The lowest BCUT2D eigenvalue weighted by atomic mass is 10.2. The molecule has 13 heavy (non-hydrogen) atoms. The predicted octanol–water partition coefficient (Wildman–Crippen LogP) is 1.37. The highest BCUT2D eigenvalue weighted by Gasteiger charge is 2.08. The molecule has 66 valence electrons. The number of hydrogen-bond acceptors (Lipinski definition) is 2. The van der Waals surface area contributed by atoms with E-state index in [1.807, 2.05) is 24.3 Å². The van der Waals surface area contributed by atoms with Crippen LogP contribution < -0.4 is 9.47 Å². The molecule has 0 unspecified atom stereocenters. The van der Waals surface area contributed by atoms with Gasteiger partial charge in [-0.05, 0) is 6.07 Å². The second kappa shape index (κ2) is 2.94. The number of nitrogens with zero attached hydrogens (tertiary/aromatic N) is 1. The summed E-state index contributed by atoms with van der Waals surface area (Å²) in [6, 6.07) is 7.73. The fraction of sp³-hybridized carbons (Fsp3) is 0.100. The number of rotatable bonds is 1. The molecule has 0 saturated heterocycles. The molecule has 0 spiro atoms. The van der Waals surface area contributed by atoms with Gasteiger partial charge in [-0.15, -0.1) is 0 Å². The third-order valence-corrected chi connectivity index (χ3v) is 1.97. The molecular formula is C10H10NO2+. The van der Waals surface area contributed by atoms with Crippen LogP contribution in [0.5, 0.6) is 5.75 Å². The first-order chi connectivity index (χ1) is 6.31. The number of methoxy groups -OCH3 is 1. The van der Waals surface area contributed by atoms with E-state index in [0.29, 0.717) is 5.75 Å². The van der Waals surface area contributed by atoms with Crippen molar-refractivity contribution in [1.82, 2.24) is 0 Å². The summed E-state index contributed by atoms with van der Waals surface area (Å²) in [6.07, 6.45) is 3.17. The van der Waals surface area contributed by atoms with Gasteiger partial charge in [0.1, 0.15) is 0 Å². The normalized spacial score (nSPS) is 10.2. The van der Waals surface area contributed by atoms with Crippen molar-refractivity contribution in [3.63, 3.8) is 0 Å². The van der Waals surface area contributed by atoms with Gasteiger partial charge in [0.05, 0.1) is 12.5 Å². The Labute approximate surface area is 75.8 Å². The largest absolute Gasteiger partial charge is 0.490 e. The van der Waals surface area contributed by atoms with Gasteiger partial charge in [0, 0.05) is 10.1 Å². The summed E-state index contributed by atoms with van der Waals surface area (Å²) in [4.78, 5) is 0. The number of aromatic nitrogens is 1. The van der Waals surface area contributed by atoms with Crippen LogP contribution >= 0.6 is 0 Å². The third kappa shape index (κ3) is 1.28. The fourth-order valence-corrected chi connectivity index (χ4v) is 1.37. The second-order valence-electron chi connectivity index (χ2n) is 2.79. The van der Waals surface area contributed by atoms with Crippen molar-refractivity contribution < 1.29 is 14.7 Å². The smallest absolute Gasteiger partial charge is 0.264 e. The molecule has 0 aliphatic rings. The van der Waals surface area contributed by atoms with Crippen molar-refractivity contribution in [2.75, 3.05) is 7.11 Å². The summed E-state index contributed by atoms with van der Waals surface area (Å²) in [7, 11) is 1.59. The summed E-state index contributed by atoms with van der Waals surface area (Å²) >= 11 is 0. The summed E-state index contributed by atoms with van der Waals surface area (Å²) in [5.74, 6) is 0.667. The van der Waals surface area contributed by atoms with Gasteiger partial charge >= 0.3 is 0 Å². The Balaban J connectivity index is 2.81. The Kier molecular flexibility index (Phi) is 1.77. The molecule has 0 aliphatic carbocycles. The SMILES string of the molecule is COc1c[n+](O)cc2ccccc12.